The van der Waals surface area contributed by atoms with Gasteiger partial charge in [0.1, 0.15) is 23.6 Å². The van der Waals surface area contributed by atoms with Gasteiger partial charge in [-0.05, 0) is 76.8 Å². The monoisotopic (exact) mass is 532 g/mol. The predicted octanol–water partition coefficient (Wildman–Crippen LogP) is 3.36. The number of aromatic nitrogens is 1. The number of aryl methyl sites for hydroxylation is 2. The number of likely N-dealkylation sites (tertiary alicyclic amines) is 1. The highest BCUT2D eigenvalue weighted by molar-refractivity contribution is 5.80. The van der Waals surface area contributed by atoms with E-state index < -0.39 is 35.9 Å². The molecule has 210 valence electrons. The number of ether oxygens (including phenoxy) is 3. The minimum atomic E-state index is -1.15. The Balaban J connectivity index is 1.08. The maximum absolute atomic E-state index is 12.2. The summed E-state index contributed by atoms with van der Waals surface area (Å²) in [5.74, 6) is 0.467. The molecule has 3 aliphatic rings. The first-order chi connectivity index (χ1) is 18.1. The van der Waals surface area contributed by atoms with Gasteiger partial charge in [-0.2, -0.15) is 0 Å². The number of hydrogen-bond donors (Lipinski definition) is 3. The number of carbonyl (C=O) groups is 3. The Morgan fingerprint density at radius 2 is 1.97 bits per heavy atom. The molecule has 3 heterocycles. The van der Waals surface area contributed by atoms with Crippen molar-refractivity contribution in [2.75, 3.05) is 31.6 Å². The summed E-state index contributed by atoms with van der Waals surface area (Å²) in [6.45, 7) is 6.98. The van der Waals surface area contributed by atoms with Crippen LogP contribution in [0.3, 0.4) is 0 Å². The number of amides is 2. The van der Waals surface area contributed by atoms with Gasteiger partial charge in [0.05, 0.1) is 19.2 Å². The molecule has 4 rings (SSSR count). The first kappa shape index (κ1) is 27.9. The number of carboxylic acid groups (broad SMARTS) is 1. The van der Waals surface area contributed by atoms with Crippen LogP contribution < -0.4 is 10.6 Å². The molecule has 1 saturated carbocycles. The van der Waals surface area contributed by atoms with Crippen molar-refractivity contribution in [3.63, 3.8) is 0 Å². The van der Waals surface area contributed by atoms with E-state index in [4.69, 9.17) is 19.2 Å². The summed E-state index contributed by atoms with van der Waals surface area (Å²) in [5, 5.41) is 15.2. The quantitative estimate of drug-likeness (QED) is 0.414. The van der Waals surface area contributed by atoms with E-state index >= 15 is 0 Å². The van der Waals surface area contributed by atoms with Gasteiger partial charge in [0.2, 0.25) is 0 Å². The van der Waals surface area contributed by atoms with Crippen LogP contribution in [0.15, 0.2) is 12.1 Å². The topological polar surface area (TPSA) is 139 Å². The number of carboxylic acids is 1. The van der Waals surface area contributed by atoms with Gasteiger partial charge in [-0.3, -0.25) is 0 Å². The molecule has 38 heavy (non-hydrogen) atoms. The van der Waals surface area contributed by atoms with Crippen LogP contribution in [0.1, 0.15) is 64.1 Å². The highest BCUT2D eigenvalue weighted by Crippen LogP contribution is 2.34. The first-order valence-electron chi connectivity index (χ1n) is 13.6. The number of pyridine rings is 1. The second-order valence-electron chi connectivity index (χ2n) is 11.4. The molecule has 2 fully saturated rings. The maximum Gasteiger partial charge on any atom is 0.410 e. The number of alkyl carbamates (subject to hydrolysis) is 1. The lowest BCUT2D eigenvalue weighted by Gasteiger charge is -2.39. The minimum absolute atomic E-state index is 0.119. The summed E-state index contributed by atoms with van der Waals surface area (Å²) in [5.41, 5.74) is 1.81. The molecular formula is C27H40N4O7. The number of nitrogens with one attached hydrogen (secondary N) is 2. The predicted molar refractivity (Wildman–Crippen MR) is 139 cm³/mol. The van der Waals surface area contributed by atoms with E-state index in [1.807, 2.05) is 0 Å². The van der Waals surface area contributed by atoms with Crippen molar-refractivity contribution >= 4 is 24.0 Å². The summed E-state index contributed by atoms with van der Waals surface area (Å²) in [6.07, 6.45) is 4.63. The Morgan fingerprint density at radius 1 is 1.21 bits per heavy atom. The van der Waals surface area contributed by atoms with Gasteiger partial charge in [-0.15, -0.1) is 0 Å². The van der Waals surface area contributed by atoms with E-state index in [-0.39, 0.29) is 32.2 Å². The molecule has 1 aliphatic carbocycles. The van der Waals surface area contributed by atoms with E-state index in [1.54, 1.807) is 20.8 Å². The Morgan fingerprint density at radius 3 is 2.68 bits per heavy atom. The number of carbonyl (C=O) groups excluding carboxylic acids is 2. The SMILES string of the molecule is CC(C)(C)OC(=O)N1CC(OC(=O)NC(CCO[C@H]2C[C@H](CCc3ccc4c(n3)NCCC4)C2)C(=O)O)C1. The molecule has 1 saturated heterocycles. The van der Waals surface area contributed by atoms with Crippen LogP contribution in [0.5, 0.6) is 0 Å². The van der Waals surface area contributed by atoms with Crippen molar-refractivity contribution in [2.24, 2.45) is 5.92 Å². The molecule has 2 aliphatic heterocycles. The van der Waals surface area contributed by atoms with Crippen LogP contribution in [-0.4, -0.2) is 83.2 Å². The van der Waals surface area contributed by atoms with Gasteiger partial charge in [-0.25, -0.2) is 19.4 Å². The third-order valence-corrected chi connectivity index (χ3v) is 7.08. The smallest absolute Gasteiger partial charge is 0.410 e. The summed E-state index contributed by atoms with van der Waals surface area (Å²) >= 11 is 0. The van der Waals surface area contributed by atoms with Crippen LogP contribution in [0.4, 0.5) is 15.4 Å². The third kappa shape index (κ3) is 7.96. The molecule has 11 nitrogen and oxygen atoms in total. The first-order valence-corrected chi connectivity index (χ1v) is 13.6. The average Bonchev–Trinajstić information content (AvgIpc) is 2.79. The molecule has 2 amide bonds. The fraction of sp³-hybridized carbons (Fsp3) is 0.704. The Labute approximate surface area is 223 Å². The molecule has 3 N–H and O–H groups in total. The normalized spacial score (nSPS) is 21.7. The number of hydrogen-bond acceptors (Lipinski definition) is 8. The number of aliphatic carboxylic acids is 1. The van der Waals surface area contributed by atoms with Crippen LogP contribution in [0.2, 0.25) is 0 Å². The molecule has 11 heteroatoms. The Kier molecular flexibility index (Phi) is 8.96. The van der Waals surface area contributed by atoms with E-state index in [9.17, 15) is 19.5 Å². The fourth-order valence-corrected chi connectivity index (χ4v) is 4.83. The lowest BCUT2D eigenvalue weighted by molar-refractivity contribution is -0.140. The van der Waals surface area contributed by atoms with Crippen molar-refractivity contribution in [1.29, 1.82) is 0 Å². The summed E-state index contributed by atoms with van der Waals surface area (Å²) < 4.78 is 16.3. The Bertz CT molecular complexity index is 1000. The standard InChI is InChI=1S/C27H40N4O7/c1-27(2,3)38-26(35)31-15-21(16-31)37-25(34)30-22(24(32)33)10-12-36-20-13-17(14-20)6-8-19-9-7-18-5-4-11-28-23(18)29-19/h7,9,17,20-22H,4-6,8,10-16H2,1-3H3,(H,28,29)(H,30,34)(H,32,33)/t17-,20-,22?. The van der Waals surface area contributed by atoms with Gasteiger partial charge in [-0.1, -0.05) is 6.07 Å². The highest BCUT2D eigenvalue weighted by Gasteiger charge is 2.37. The summed E-state index contributed by atoms with van der Waals surface area (Å²) in [6, 6.07) is 3.21. The van der Waals surface area contributed by atoms with Crippen LogP contribution in [-0.2, 0) is 31.8 Å². The molecule has 0 bridgehead atoms. The van der Waals surface area contributed by atoms with Crippen molar-refractivity contribution in [2.45, 2.75) is 89.6 Å². The lowest BCUT2D eigenvalue weighted by atomic mass is 9.79. The average molecular weight is 533 g/mol. The van der Waals surface area contributed by atoms with Crippen molar-refractivity contribution in [3.8, 4) is 0 Å². The molecule has 1 atom stereocenters. The number of nitrogens with zero attached hydrogens (tertiary/aromatic N) is 2. The van der Waals surface area contributed by atoms with E-state index in [2.05, 4.69) is 22.8 Å². The van der Waals surface area contributed by atoms with Crippen LogP contribution in [0.25, 0.3) is 0 Å². The second kappa shape index (κ2) is 12.2. The molecule has 0 spiro atoms. The van der Waals surface area contributed by atoms with Crippen molar-refractivity contribution < 1.29 is 33.7 Å². The maximum atomic E-state index is 12.2. The third-order valence-electron chi connectivity index (χ3n) is 7.08. The van der Waals surface area contributed by atoms with Gasteiger partial charge >= 0.3 is 18.2 Å². The summed E-state index contributed by atoms with van der Waals surface area (Å²) in [4.78, 5) is 41.9. The molecule has 0 aromatic carbocycles. The van der Waals surface area contributed by atoms with E-state index in [1.165, 1.54) is 10.5 Å². The number of fused-ring (bicyclic) bond motifs is 1. The van der Waals surface area contributed by atoms with Gasteiger partial charge in [0.15, 0.2) is 0 Å². The van der Waals surface area contributed by atoms with Crippen molar-refractivity contribution in [3.05, 3.63) is 23.4 Å². The molecule has 0 radical (unpaired) electrons. The molecular weight excluding hydrogens is 492 g/mol. The van der Waals surface area contributed by atoms with Gasteiger partial charge < -0.3 is 34.9 Å². The lowest BCUT2D eigenvalue weighted by Crippen LogP contribution is -2.57. The zero-order valence-electron chi connectivity index (χ0n) is 22.5. The highest BCUT2D eigenvalue weighted by atomic mass is 16.6. The second-order valence-corrected chi connectivity index (χ2v) is 11.4. The van der Waals surface area contributed by atoms with Gasteiger partial charge in [0.25, 0.3) is 0 Å². The Hall–Kier alpha value is -3.08. The zero-order chi connectivity index (χ0) is 27.3. The summed E-state index contributed by atoms with van der Waals surface area (Å²) in [7, 11) is 0. The molecule has 1 aromatic heterocycles. The zero-order valence-corrected chi connectivity index (χ0v) is 22.5. The molecule has 1 aromatic rings. The minimum Gasteiger partial charge on any atom is -0.480 e. The van der Waals surface area contributed by atoms with Crippen molar-refractivity contribution in [1.82, 2.24) is 15.2 Å². The number of anilines is 1. The van der Waals surface area contributed by atoms with E-state index in [0.717, 1.165) is 56.6 Å². The van der Waals surface area contributed by atoms with Crippen LogP contribution in [0, 0.1) is 5.92 Å². The number of rotatable bonds is 10. The fourth-order valence-electron chi connectivity index (χ4n) is 4.83. The van der Waals surface area contributed by atoms with Gasteiger partial charge in [0, 0.05) is 25.3 Å². The largest absolute Gasteiger partial charge is 0.480 e. The van der Waals surface area contributed by atoms with Crippen LogP contribution >= 0.6 is 0 Å². The molecule has 1 unspecified atom stereocenters. The van der Waals surface area contributed by atoms with E-state index in [0.29, 0.717) is 5.92 Å².